The van der Waals surface area contributed by atoms with E-state index in [1.807, 2.05) is 0 Å². The third-order valence-corrected chi connectivity index (χ3v) is 2.44. The number of carboxylic acids is 2. The SMILES string of the molecule is O=C(O)c1ccc(S(=O)(=O)O)c(C(=O)O)n1. The summed E-state index contributed by atoms with van der Waals surface area (Å²) in [5.41, 5.74) is -1.67. The first-order valence-corrected chi connectivity index (χ1v) is 5.12. The van der Waals surface area contributed by atoms with E-state index >= 15 is 0 Å². The second kappa shape index (κ2) is 3.87. The van der Waals surface area contributed by atoms with Gasteiger partial charge in [-0.25, -0.2) is 14.6 Å². The van der Waals surface area contributed by atoms with Crippen LogP contribution in [0.3, 0.4) is 0 Å². The quantitative estimate of drug-likeness (QED) is 0.619. The van der Waals surface area contributed by atoms with Gasteiger partial charge in [-0.2, -0.15) is 8.42 Å². The van der Waals surface area contributed by atoms with Crippen molar-refractivity contribution >= 4 is 22.1 Å². The van der Waals surface area contributed by atoms with Crippen molar-refractivity contribution in [3.05, 3.63) is 23.5 Å². The summed E-state index contributed by atoms with van der Waals surface area (Å²) in [6, 6.07) is 1.44. The van der Waals surface area contributed by atoms with Gasteiger partial charge in [0.1, 0.15) is 10.6 Å². The summed E-state index contributed by atoms with van der Waals surface area (Å²) in [7, 11) is -4.76. The lowest BCUT2D eigenvalue weighted by Crippen LogP contribution is -2.13. The van der Waals surface area contributed by atoms with Gasteiger partial charge in [-0.3, -0.25) is 4.55 Å². The third kappa shape index (κ3) is 2.32. The van der Waals surface area contributed by atoms with Crippen LogP contribution in [0.25, 0.3) is 0 Å². The van der Waals surface area contributed by atoms with E-state index in [9.17, 15) is 18.0 Å². The molecule has 0 aliphatic rings. The van der Waals surface area contributed by atoms with E-state index in [0.29, 0.717) is 6.07 Å². The molecule has 0 fully saturated rings. The lowest BCUT2D eigenvalue weighted by molar-refractivity contribution is 0.0681. The molecular formula is C7H5NO7S. The first kappa shape index (κ1) is 12.1. The van der Waals surface area contributed by atoms with Crippen molar-refractivity contribution in [2.75, 3.05) is 0 Å². The molecule has 0 unspecified atom stereocenters. The average molecular weight is 247 g/mol. The molecule has 0 amide bonds. The highest BCUT2D eigenvalue weighted by atomic mass is 32.2. The van der Waals surface area contributed by atoms with Gasteiger partial charge < -0.3 is 10.2 Å². The van der Waals surface area contributed by atoms with E-state index in [2.05, 4.69) is 4.98 Å². The molecule has 0 radical (unpaired) electrons. The van der Waals surface area contributed by atoms with Crippen molar-refractivity contribution in [1.82, 2.24) is 4.98 Å². The molecule has 86 valence electrons. The van der Waals surface area contributed by atoms with Crippen molar-refractivity contribution in [1.29, 1.82) is 0 Å². The van der Waals surface area contributed by atoms with Crippen molar-refractivity contribution in [2.45, 2.75) is 4.90 Å². The summed E-state index contributed by atoms with van der Waals surface area (Å²) >= 11 is 0. The Morgan fingerprint density at radius 1 is 1.12 bits per heavy atom. The predicted molar refractivity (Wildman–Crippen MR) is 48.0 cm³/mol. The number of carbonyl (C=O) groups is 2. The largest absolute Gasteiger partial charge is 0.477 e. The summed E-state index contributed by atoms with van der Waals surface area (Å²) < 4.78 is 30.2. The zero-order valence-electron chi connectivity index (χ0n) is 7.48. The molecule has 3 N–H and O–H groups in total. The molecule has 0 aromatic carbocycles. The Balaban J connectivity index is 3.55. The van der Waals surface area contributed by atoms with Crippen molar-refractivity contribution < 1.29 is 32.8 Å². The van der Waals surface area contributed by atoms with Crippen LogP contribution < -0.4 is 0 Å². The van der Waals surface area contributed by atoms with Gasteiger partial charge in [0.2, 0.25) is 0 Å². The second-order valence-electron chi connectivity index (χ2n) is 2.63. The first-order chi connectivity index (χ1) is 7.23. The normalized spacial score (nSPS) is 11.1. The minimum Gasteiger partial charge on any atom is -0.477 e. The van der Waals surface area contributed by atoms with Gasteiger partial charge in [0.15, 0.2) is 5.69 Å². The van der Waals surface area contributed by atoms with Gasteiger partial charge in [-0.1, -0.05) is 0 Å². The number of hydrogen-bond donors (Lipinski definition) is 3. The Kier molecular flexibility index (Phi) is 2.92. The van der Waals surface area contributed by atoms with Crippen LogP contribution in [0, 0.1) is 0 Å². The number of pyridine rings is 1. The Morgan fingerprint density at radius 2 is 1.69 bits per heavy atom. The van der Waals surface area contributed by atoms with E-state index in [1.165, 1.54) is 0 Å². The predicted octanol–water partition coefficient (Wildman–Crippen LogP) is -0.275. The summed E-state index contributed by atoms with van der Waals surface area (Å²) in [6.07, 6.45) is 0. The number of rotatable bonds is 3. The van der Waals surface area contributed by atoms with Crippen LogP contribution in [-0.2, 0) is 10.1 Å². The molecule has 1 rings (SSSR count). The summed E-state index contributed by atoms with van der Waals surface area (Å²) in [4.78, 5) is 23.2. The number of aromatic nitrogens is 1. The monoisotopic (exact) mass is 247 g/mol. The molecule has 16 heavy (non-hydrogen) atoms. The van der Waals surface area contributed by atoms with E-state index < -0.39 is 38.3 Å². The molecule has 8 nitrogen and oxygen atoms in total. The molecule has 0 saturated carbocycles. The number of hydrogen-bond acceptors (Lipinski definition) is 5. The molecule has 9 heteroatoms. The van der Waals surface area contributed by atoms with Crippen LogP contribution in [0.1, 0.15) is 21.0 Å². The van der Waals surface area contributed by atoms with Gasteiger partial charge in [0, 0.05) is 0 Å². The van der Waals surface area contributed by atoms with E-state index in [-0.39, 0.29) is 0 Å². The van der Waals surface area contributed by atoms with Gasteiger partial charge in [0.05, 0.1) is 0 Å². The maximum Gasteiger partial charge on any atom is 0.355 e. The van der Waals surface area contributed by atoms with Crippen LogP contribution in [-0.4, -0.2) is 40.1 Å². The minimum absolute atomic E-state index is 0.634. The molecule has 0 bridgehead atoms. The fourth-order valence-electron chi connectivity index (χ4n) is 0.927. The molecule has 0 spiro atoms. The van der Waals surface area contributed by atoms with E-state index in [4.69, 9.17) is 14.8 Å². The highest BCUT2D eigenvalue weighted by molar-refractivity contribution is 7.86. The maximum atomic E-state index is 10.7. The fourth-order valence-corrected chi connectivity index (χ4v) is 1.54. The smallest absolute Gasteiger partial charge is 0.355 e. The molecule has 0 saturated heterocycles. The molecule has 0 atom stereocenters. The number of carboxylic acid groups (broad SMARTS) is 2. The lowest BCUT2D eigenvalue weighted by atomic mass is 10.3. The number of nitrogens with zero attached hydrogens (tertiary/aromatic N) is 1. The highest BCUT2D eigenvalue weighted by Crippen LogP contribution is 2.14. The van der Waals surface area contributed by atoms with E-state index in [0.717, 1.165) is 6.07 Å². The van der Waals surface area contributed by atoms with Crippen LogP contribution in [0.15, 0.2) is 17.0 Å². The summed E-state index contributed by atoms with van der Waals surface area (Å²) in [5.74, 6) is -3.26. The van der Waals surface area contributed by atoms with Crippen LogP contribution in [0.5, 0.6) is 0 Å². The minimum atomic E-state index is -4.76. The van der Waals surface area contributed by atoms with Gasteiger partial charge >= 0.3 is 11.9 Å². The number of aromatic carboxylic acids is 2. The molecule has 1 aromatic rings. The zero-order chi connectivity index (χ0) is 12.5. The van der Waals surface area contributed by atoms with Gasteiger partial charge in [-0.15, -0.1) is 0 Å². The summed E-state index contributed by atoms with van der Waals surface area (Å²) in [5, 5.41) is 17.1. The zero-order valence-corrected chi connectivity index (χ0v) is 8.30. The highest BCUT2D eigenvalue weighted by Gasteiger charge is 2.23. The Labute approximate surface area is 88.9 Å². The second-order valence-corrected chi connectivity index (χ2v) is 4.02. The van der Waals surface area contributed by atoms with Crippen LogP contribution in [0.2, 0.25) is 0 Å². The molecule has 1 heterocycles. The third-order valence-electron chi connectivity index (χ3n) is 1.56. The molecule has 1 aromatic heterocycles. The standard InChI is InChI=1S/C7H5NO7S/c9-6(10)3-1-2-4(16(13,14)15)5(8-3)7(11)12/h1-2H,(H,9,10)(H,11,12)(H,13,14,15). The van der Waals surface area contributed by atoms with Gasteiger partial charge in [0.25, 0.3) is 10.1 Å². The fraction of sp³-hybridized carbons (Fsp3) is 0. The van der Waals surface area contributed by atoms with Crippen LogP contribution in [0.4, 0.5) is 0 Å². The molecule has 0 aliphatic carbocycles. The molecule has 0 aliphatic heterocycles. The van der Waals surface area contributed by atoms with Crippen molar-refractivity contribution in [3.8, 4) is 0 Å². The Bertz CT molecular complexity index is 562. The Hall–Kier alpha value is -2.00. The maximum absolute atomic E-state index is 10.7. The summed E-state index contributed by atoms with van der Waals surface area (Å²) in [6.45, 7) is 0. The lowest BCUT2D eigenvalue weighted by Gasteiger charge is -2.02. The van der Waals surface area contributed by atoms with E-state index in [1.54, 1.807) is 0 Å². The van der Waals surface area contributed by atoms with Gasteiger partial charge in [-0.05, 0) is 12.1 Å². The Morgan fingerprint density at radius 3 is 2.06 bits per heavy atom. The first-order valence-electron chi connectivity index (χ1n) is 3.68. The van der Waals surface area contributed by atoms with Crippen molar-refractivity contribution in [3.63, 3.8) is 0 Å². The molecular weight excluding hydrogens is 242 g/mol. The average Bonchev–Trinajstić information content (AvgIpc) is 2.15. The van der Waals surface area contributed by atoms with Crippen LogP contribution >= 0.6 is 0 Å². The van der Waals surface area contributed by atoms with Crippen molar-refractivity contribution in [2.24, 2.45) is 0 Å². The topological polar surface area (TPSA) is 142 Å².